The topological polar surface area (TPSA) is 55.4 Å². The molecule has 108 valence electrons. The average molecular weight is 296 g/mol. The molecule has 5 heteroatoms. The van der Waals surface area contributed by atoms with Crippen LogP contribution < -0.4 is 5.32 Å². The van der Waals surface area contributed by atoms with Gasteiger partial charge in [-0.15, -0.1) is 0 Å². The molecule has 20 heavy (non-hydrogen) atoms. The second-order valence-electron chi connectivity index (χ2n) is 5.10. The maximum atomic E-state index is 11.9. The van der Waals surface area contributed by atoms with Gasteiger partial charge in [0.05, 0.1) is 0 Å². The zero-order valence-electron chi connectivity index (χ0n) is 11.2. The number of rotatable bonds is 4. The van der Waals surface area contributed by atoms with Crippen molar-refractivity contribution in [2.24, 2.45) is 0 Å². The van der Waals surface area contributed by atoms with E-state index in [0.29, 0.717) is 12.8 Å². The number of halogens is 1. The Morgan fingerprint density at radius 2 is 1.80 bits per heavy atom. The van der Waals surface area contributed by atoms with Crippen molar-refractivity contribution >= 4 is 22.9 Å². The van der Waals surface area contributed by atoms with Crippen LogP contribution >= 0.6 is 11.6 Å². The van der Waals surface area contributed by atoms with E-state index in [1.165, 1.54) is 0 Å². The van der Waals surface area contributed by atoms with Gasteiger partial charge in [0.1, 0.15) is 12.1 Å². The Kier molecular flexibility index (Phi) is 5.01. The third kappa shape index (κ3) is 3.73. The molecule has 4 nitrogen and oxygen atoms in total. The first kappa shape index (κ1) is 14.9. The van der Waals surface area contributed by atoms with E-state index in [2.05, 4.69) is 5.32 Å². The van der Waals surface area contributed by atoms with Gasteiger partial charge in [0, 0.05) is 0 Å². The number of ether oxygens (including phenoxy) is 1. The first-order valence-electron chi connectivity index (χ1n) is 6.81. The summed E-state index contributed by atoms with van der Waals surface area (Å²) in [5.41, 5.74) is -0.0503. The quantitative estimate of drug-likeness (QED) is 0.866. The molecule has 1 aromatic rings. The van der Waals surface area contributed by atoms with E-state index in [0.717, 1.165) is 24.8 Å². The van der Waals surface area contributed by atoms with Crippen LogP contribution in [0.5, 0.6) is 0 Å². The Balaban J connectivity index is 1.90. The van der Waals surface area contributed by atoms with Crippen molar-refractivity contribution in [1.29, 1.82) is 0 Å². The average Bonchev–Trinajstić information content (AvgIpc) is 2.47. The lowest BCUT2D eigenvalue weighted by atomic mass is 9.83. The van der Waals surface area contributed by atoms with Crippen molar-refractivity contribution in [3.8, 4) is 0 Å². The minimum absolute atomic E-state index is 0.180. The number of amides is 1. The van der Waals surface area contributed by atoms with Gasteiger partial charge in [-0.1, -0.05) is 49.6 Å². The van der Waals surface area contributed by atoms with Crippen LogP contribution in [0.1, 0.15) is 37.7 Å². The third-order valence-electron chi connectivity index (χ3n) is 3.64. The molecule has 2 rings (SSSR count). The SMILES string of the molecule is O=C(NC1(C(=O)Cl)CCCCC1)OCc1ccccc1. The van der Waals surface area contributed by atoms with Gasteiger partial charge in [-0.2, -0.15) is 0 Å². The van der Waals surface area contributed by atoms with Crippen LogP contribution in [0.3, 0.4) is 0 Å². The highest BCUT2D eigenvalue weighted by molar-refractivity contribution is 6.65. The van der Waals surface area contributed by atoms with Gasteiger partial charge in [-0.25, -0.2) is 4.79 Å². The fourth-order valence-electron chi connectivity index (χ4n) is 2.48. The highest BCUT2D eigenvalue weighted by Gasteiger charge is 2.40. The normalized spacial score (nSPS) is 17.2. The van der Waals surface area contributed by atoms with Crippen molar-refractivity contribution in [2.45, 2.75) is 44.2 Å². The van der Waals surface area contributed by atoms with Crippen molar-refractivity contribution in [1.82, 2.24) is 5.32 Å². The summed E-state index contributed by atoms with van der Waals surface area (Å²) in [5, 5.41) is 2.15. The molecule has 0 bridgehead atoms. The molecule has 1 N–H and O–H groups in total. The number of carbonyl (C=O) groups is 2. The predicted octanol–water partition coefficient (Wildman–Crippen LogP) is 3.38. The second-order valence-corrected chi connectivity index (χ2v) is 5.45. The minimum atomic E-state index is -0.951. The summed E-state index contributed by atoms with van der Waals surface area (Å²) < 4.78 is 5.15. The monoisotopic (exact) mass is 295 g/mol. The Morgan fingerprint density at radius 1 is 1.15 bits per heavy atom. The predicted molar refractivity (Wildman–Crippen MR) is 76.4 cm³/mol. The van der Waals surface area contributed by atoms with E-state index in [1.807, 2.05) is 30.3 Å². The summed E-state index contributed by atoms with van der Waals surface area (Å²) in [6.07, 6.45) is 3.40. The molecule has 0 spiro atoms. The van der Waals surface area contributed by atoms with E-state index in [4.69, 9.17) is 16.3 Å². The number of nitrogens with one attached hydrogen (secondary N) is 1. The van der Waals surface area contributed by atoms with Crippen molar-refractivity contribution in [3.05, 3.63) is 35.9 Å². The van der Waals surface area contributed by atoms with Gasteiger partial charge in [-0.3, -0.25) is 4.79 Å². The lowest BCUT2D eigenvalue weighted by Crippen LogP contribution is -2.54. The summed E-state index contributed by atoms with van der Waals surface area (Å²) >= 11 is 5.67. The van der Waals surface area contributed by atoms with Gasteiger partial charge in [0.2, 0.25) is 5.24 Å². The highest BCUT2D eigenvalue weighted by Crippen LogP contribution is 2.30. The summed E-state index contributed by atoms with van der Waals surface area (Å²) in [4.78, 5) is 23.5. The maximum Gasteiger partial charge on any atom is 0.408 e. The molecule has 1 aliphatic carbocycles. The van der Waals surface area contributed by atoms with Crippen molar-refractivity contribution in [3.63, 3.8) is 0 Å². The van der Waals surface area contributed by atoms with E-state index >= 15 is 0 Å². The molecule has 1 amide bonds. The fraction of sp³-hybridized carbons (Fsp3) is 0.467. The van der Waals surface area contributed by atoms with Crippen molar-refractivity contribution in [2.75, 3.05) is 0 Å². The van der Waals surface area contributed by atoms with E-state index < -0.39 is 16.9 Å². The summed E-state index contributed by atoms with van der Waals surface area (Å²) in [7, 11) is 0. The Bertz CT molecular complexity index is 469. The Morgan fingerprint density at radius 3 is 2.40 bits per heavy atom. The Labute approximate surface area is 123 Å². The fourth-order valence-corrected chi connectivity index (χ4v) is 2.72. The highest BCUT2D eigenvalue weighted by atomic mass is 35.5. The standard InChI is InChI=1S/C15H18ClNO3/c16-13(18)15(9-5-2-6-10-15)17-14(19)20-11-12-7-3-1-4-8-12/h1,3-4,7-8H,2,5-6,9-11H2,(H,17,19). The molecule has 0 unspecified atom stereocenters. The number of benzene rings is 1. The molecule has 0 saturated heterocycles. The number of carbonyl (C=O) groups excluding carboxylic acids is 2. The van der Waals surface area contributed by atoms with Crippen LogP contribution in [0.4, 0.5) is 4.79 Å². The zero-order chi connectivity index (χ0) is 14.4. The first-order valence-corrected chi connectivity index (χ1v) is 7.19. The maximum absolute atomic E-state index is 11.9. The van der Waals surface area contributed by atoms with Crippen LogP contribution in [0.15, 0.2) is 30.3 Å². The van der Waals surface area contributed by atoms with Crippen LogP contribution in [-0.2, 0) is 16.1 Å². The van der Waals surface area contributed by atoms with E-state index in [-0.39, 0.29) is 6.61 Å². The first-order chi connectivity index (χ1) is 9.62. The van der Waals surface area contributed by atoms with Crippen LogP contribution in [0.2, 0.25) is 0 Å². The summed E-state index contributed by atoms with van der Waals surface area (Å²) in [5.74, 6) is 0. The molecular weight excluding hydrogens is 278 g/mol. The molecular formula is C15H18ClNO3. The molecule has 0 radical (unpaired) electrons. The minimum Gasteiger partial charge on any atom is -0.445 e. The summed E-state index contributed by atoms with van der Waals surface area (Å²) in [6, 6.07) is 9.39. The molecule has 0 aliphatic heterocycles. The third-order valence-corrected chi connectivity index (χ3v) is 4.00. The second kappa shape index (κ2) is 6.75. The smallest absolute Gasteiger partial charge is 0.408 e. The van der Waals surface area contributed by atoms with Crippen molar-refractivity contribution < 1.29 is 14.3 Å². The molecule has 1 aliphatic rings. The summed E-state index contributed by atoms with van der Waals surface area (Å²) in [6.45, 7) is 0.180. The number of hydrogen-bond donors (Lipinski definition) is 1. The molecule has 1 aromatic carbocycles. The van der Waals surface area contributed by atoms with Gasteiger partial charge in [0.25, 0.3) is 0 Å². The molecule has 0 atom stereocenters. The lowest BCUT2D eigenvalue weighted by Gasteiger charge is -2.34. The molecule has 1 fully saturated rings. The molecule has 0 aromatic heterocycles. The molecule has 0 heterocycles. The van der Waals surface area contributed by atoms with Crippen LogP contribution in [0, 0.1) is 0 Å². The molecule has 1 saturated carbocycles. The van der Waals surface area contributed by atoms with Gasteiger partial charge in [0.15, 0.2) is 0 Å². The van der Waals surface area contributed by atoms with Crippen LogP contribution in [-0.4, -0.2) is 16.9 Å². The van der Waals surface area contributed by atoms with Crippen LogP contribution in [0.25, 0.3) is 0 Å². The van der Waals surface area contributed by atoms with Gasteiger partial charge < -0.3 is 10.1 Å². The lowest BCUT2D eigenvalue weighted by molar-refractivity contribution is -0.118. The van der Waals surface area contributed by atoms with E-state index in [1.54, 1.807) is 0 Å². The van der Waals surface area contributed by atoms with E-state index in [9.17, 15) is 9.59 Å². The Hall–Kier alpha value is -1.55. The number of alkyl carbamates (subject to hydrolysis) is 1. The van der Waals surface area contributed by atoms with Gasteiger partial charge in [-0.05, 0) is 30.0 Å². The zero-order valence-corrected chi connectivity index (χ0v) is 12.0. The largest absolute Gasteiger partial charge is 0.445 e. The van der Waals surface area contributed by atoms with Gasteiger partial charge >= 0.3 is 6.09 Å². The number of hydrogen-bond acceptors (Lipinski definition) is 3.